The molecule has 0 aromatic carbocycles. The molecule has 0 aliphatic carbocycles. The summed E-state index contributed by atoms with van der Waals surface area (Å²) >= 11 is 0. The van der Waals surface area contributed by atoms with Gasteiger partial charge in [0.2, 0.25) is 0 Å². The molecule has 1 aliphatic rings. The topological polar surface area (TPSA) is 29.3 Å². The van der Waals surface area contributed by atoms with Gasteiger partial charge in [0.1, 0.15) is 0 Å². The van der Waals surface area contributed by atoms with Crippen molar-refractivity contribution in [3.8, 4) is 0 Å². The largest absolute Gasteiger partial charge is 0.269 e. The van der Waals surface area contributed by atoms with Gasteiger partial charge in [-0.2, -0.15) is 0 Å². The summed E-state index contributed by atoms with van der Waals surface area (Å²) in [6, 6.07) is 0.561. The molecule has 0 saturated carbocycles. The minimum Gasteiger partial charge on any atom is -0.269 e. The summed E-state index contributed by atoms with van der Waals surface area (Å²) in [6.45, 7) is 4.76. The van der Waals surface area contributed by atoms with E-state index in [1.54, 1.807) is 0 Å². The molecule has 0 aromatic heterocycles. The Labute approximate surface area is 62.7 Å². The maximum atomic E-state index is 5.75. The molecule has 2 nitrogen and oxygen atoms in total. The third kappa shape index (κ3) is 1.82. The molecule has 10 heavy (non-hydrogen) atoms. The zero-order valence-electron chi connectivity index (χ0n) is 6.42. The van der Waals surface area contributed by atoms with E-state index in [1.807, 2.05) is 11.1 Å². The summed E-state index contributed by atoms with van der Waals surface area (Å²) in [5.74, 6) is 5.75. The lowest BCUT2D eigenvalue weighted by Crippen LogP contribution is -2.44. The number of nitrogens with zero attached hydrogens (tertiary/aromatic N) is 1. The van der Waals surface area contributed by atoms with Crippen LogP contribution in [0.2, 0.25) is 0 Å². The van der Waals surface area contributed by atoms with Crippen molar-refractivity contribution in [1.82, 2.24) is 5.01 Å². The highest BCUT2D eigenvalue weighted by atomic mass is 15.4. The van der Waals surface area contributed by atoms with E-state index < -0.39 is 0 Å². The fourth-order valence-electron chi connectivity index (χ4n) is 1.47. The van der Waals surface area contributed by atoms with E-state index in [2.05, 4.69) is 6.58 Å². The van der Waals surface area contributed by atoms with Gasteiger partial charge in [-0.1, -0.05) is 12.5 Å². The van der Waals surface area contributed by atoms with Crippen molar-refractivity contribution in [3.05, 3.63) is 12.7 Å². The second-order valence-electron chi connectivity index (χ2n) is 2.91. The van der Waals surface area contributed by atoms with E-state index in [1.165, 1.54) is 19.3 Å². The Bertz CT molecular complexity index is 112. The van der Waals surface area contributed by atoms with Crippen molar-refractivity contribution in [1.29, 1.82) is 0 Å². The molecule has 1 aliphatic heterocycles. The molecule has 0 spiro atoms. The van der Waals surface area contributed by atoms with Crippen molar-refractivity contribution in [2.75, 3.05) is 6.54 Å². The molecule has 2 N–H and O–H groups in total. The molecule has 2 heteroatoms. The molecular weight excluding hydrogens is 124 g/mol. The number of piperidine rings is 1. The lowest BCUT2D eigenvalue weighted by atomic mass is 10.0. The normalized spacial score (nSPS) is 28.3. The quantitative estimate of drug-likeness (QED) is 0.462. The second kappa shape index (κ2) is 3.74. The van der Waals surface area contributed by atoms with E-state index >= 15 is 0 Å². The van der Waals surface area contributed by atoms with Crippen LogP contribution in [0.15, 0.2) is 12.7 Å². The van der Waals surface area contributed by atoms with Crippen LogP contribution in [-0.4, -0.2) is 17.6 Å². The van der Waals surface area contributed by atoms with Gasteiger partial charge >= 0.3 is 0 Å². The molecule has 1 saturated heterocycles. The average Bonchev–Trinajstić information content (AvgIpc) is 1.94. The molecule has 0 radical (unpaired) electrons. The van der Waals surface area contributed by atoms with Crippen LogP contribution >= 0.6 is 0 Å². The van der Waals surface area contributed by atoms with Crippen molar-refractivity contribution >= 4 is 0 Å². The highest BCUT2D eigenvalue weighted by Crippen LogP contribution is 2.15. The van der Waals surface area contributed by atoms with Crippen molar-refractivity contribution < 1.29 is 0 Å². The lowest BCUT2D eigenvalue weighted by molar-refractivity contribution is 0.152. The first-order chi connectivity index (χ1) is 4.84. The first kappa shape index (κ1) is 7.76. The van der Waals surface area contributed by atoms with Crippen LogP contribution in [-0.2, 0) is 0 Å². The van der Waals surface area contributed by atoms with Crippen LogP contribution in [0.5, 0.6) is 0 Å². The molecular formula is C8H16N2. The monoisotopic (exact) mass is 140 g/mol. The van der Waals surface area contributed by atoms with Crippen LogP contribution in [0, 0.1) is 0 Å². The van der Waals surface area contributed by atoms with Crippen LogP contribution < -0.4 is 5.84 Å². The summed E-state index contributed by atoms with van der Waals surface area (Å²) in [5, 5.41) is 1.95. The Morgan fingerprint density at radius 2 is 2.40 bits per heavy atom. The number of hydrazine groups is 1. The van der Waals surface area contributed by atoms with Crippen molar-refractivity contribution in [2.45, 2.75) is 31.7 Å². The predicted octanol–water partition coefficient (Wildman–Crippen LogP) is 1.29. The highest BCUT2D eigenvalue weighted by molar-refractivity contribution is 4.80. The highest BCUT2D eigenvalue weighted by Gasteiger charge is 2.17. The molecule has 0 aromatic rings. The Hall–Kier alpha value is -0.340. The van der Waals surface area contributed by atoms with Gasteiger partial charge in [0, 0.05) is 12.6 Å². The zero-order valence-corrected chi connectivity index (χ0v) is 6.42. The lowest BCUT2D eigenvalue weighted by Gasteiger charge is -2.30. The predicted molar refractivity (Wildman–Crippen MR) is 43.3 cm³/mol. The SMILES string of the molecule is C=CCC1CCCCN1N. The molecule has 0 amide bonds. The van der Waals surface area contributed by atoms with Gasteiger partial charge in [0.05, 0.1) is 0 Å². The first-order valence-electron chi connectivity index (χ1n) is 3.97. The van der Waals surface area contributed by atoms with Gasteiger partial charge in [0.15, 0.2) is 0 Å². The minimum absolute atomic E-state index is 0.561. The maximum absolute atomic E-state index is 5.75. The van der Waals surface area contributed by atoms with Gasteiger partial charge < -0.3 is 0 Å². The number of hydrogen-bond acceptors (Lipinski definition) is 2. The van der Waals surface area contributed by atoms with E-state index in [4.69, 9.17) is 5.84 Å². The van der Waals surface area contributed by atoms with E-state index in [0.717, 1.165) is 13.0 Å². The summed E-state index contributed by atoms with van der Waals surface area (Å²) in [5.41, 5.74) is 0. The van der Waals surface area contributed by atoms with Crippen LogP contribution in [0.1, 0.15) is 25.7 Å². The van der Waals surface area contributed by atoms with Gasteiger partial charge in [-0.15, -0.1) is 6.58 Å². The van der Waals surface area contributed by atoms with Gasteiger partial charge in [-0.3, -0.25) is 5.84 Å². The molecule has 1 heterocycles. The van der Waals surface area contributed by atoms with E-state index in [-0.39, 0.29) is 0 Å². The van der Waals surface area contributed by atoms with E-state index in [0.29, 0.717) is 6.04 Å². The number of nitrogens with two attached hydrogens (primary N) is 1. The summed E-state index contributed by atoms with van der Waals surface area (Å²) in [4.78, 5) is 0. The number of rotatable bonds is 2. The van der Waals surface area contributed by atoms with Crippen molar-refractivity contribution in [3.63, 3.8) is 0 Å². The maximum Gasteiger partial charge on any atom is 0.0275 e. The smallest absolute Gasteiger partial charge is 0.0275 e. The van der Waals surface area contributed by atoms with Gasteiger partial charge in [0.25, 0.3) is 0 Å². The number of hydrogen-bond donors (Lipinski definition) is 1. The molecule has 1 unspecified atom stereocenters. The average molecular weight is 140 g/mol. The van der Waals surface area contributed by atoms with Crippen molar-refractivity contribution in [2.24, 2.45) is 5.84 Å². The second-order valence-corrected chi connectivity index (χ2v) is 2.91. The molecule has 1 fully saturated rings. The first-order valence-corrected chi connectivity index (χ1v) is 3.97. The fraction of sp³-hybridized carbons (Fsp3) is 0.750. The molecule has 1 rings (SSSR count). The molecule has 58 valence electrons. The van der Waals surface area contributed by atoms with Gasteiger partial charge in [-0.25, -0.2) is 5.01 Å². The Morgan fingerprint density at radius 3 is 3.00 bits per heavy atom. The summed E-state index contributed by atoms with van der Waals surface area (Å²) in [7, 11) is 0. The molecule has 1 atom stereocenters. The summed E-state index contributed by atoms with van der Waals surface area (Å²) < 4.78 is 0. The third-order valence-corrected chi connectivity index (χ3v) is 2.11. The van der Waals surface area contributed by atoms with E-state index in [9.17, 15) is 0 Å². The fourth-order valence-corrected chi connectivity index (χ4v) is 1.47. The molecule has 0 bridgehead atoms. The minimum atomic E-state index is 0.561. The van der Waals surface area contributed by atoms with Crippen LogP contribution in [0.4, 0.5) is 0 Å². The third-order valence-electron chi connectivity index (χ3n) is 2.11. The zero-order chi connectivity index (χ0) is 7.40. The standard InChI is InChI=1S/C8H16N2/c1-2-5-8-6-3-4-7-10(8)9/h2,8H,1,3-7,9H2. The Kier molecular flexibility index (Phi) is 2.90. The van der Waals surface area contributed by atoms with Crippen LogP contribution in [0.25, 0.3) is 0 Å². The Balaban J connectivity index is 2.32. The van der Waals surface area contributed by atoms with Gasteiger partial charge in [-0.05, 0) is 19.3 Å². The summed E-state index contributed by atoms with van der Waals surface area (Å²) in [6.07, 6.45) is 6.81. The van der Waals surface area contributed by atoms with Crippen LogP contribution in [0.3, 0.4) is 0 Å². The Morgan fingerprint density at radius 1 is 1.60 bits per heavy atom.